The molecule has 0 radical (unpaired) electrons. The maximum Gasteiger partial charge on any atom is 0.184 e. The summed E-state index contributed by atoms with van der Waals surface area (Å²) in [5, 5.41) is 4.42. The second-order valence-electron chi connectivity index (χ2n) is 4.71. The van der Waals surface area contributed by atoms with Crippen molar-refractivity contribution in [1.29, 1.82) is 0 Å². The summed E-state index contributed by atoms with van der Waals surface area (Å²) in [7, 11) is 5.14. The van der Waals surface area contributed by atoms with Gasteiger partial charge in [0.2, 0.25) is 0 Å². The molecule has 3 rings (SSSR count). The fourth-order valence-electron chi connectivity index (χ4n) is 2.50. The van der Waals surface area contributed by atoms with Crippen LogP contribution in [-0.2, 0) is 7.05 Å². The van der Waals surface area contributed by atoms with Crippen LogP contribution in [0.15, 0.2) is 18.2 Å². The van der Waals surface area contributed by atoms with Gasteiger partial charge < -0.3 is 14.5 Å². The van der Waals surface area contributed by atoms with Gasteiger partial charge in [0.15, 0.2) is 10.4 Å². The molecule has 0 amide bonds. The monoisotopic (exact) mass is 304 g/mol. The lowest BCUT2D eigenvalue weighted by atomic mass is 10.2. The molecule has 6 nitrogen and oxygen atoms in total. The standard InChI is InChI=1S/C14H16N4O2S/c1-8-12-13(17(2)16-8)18(14(21)15-12)10-6-5-9(19-3)7-11(10)20-4/h5-7H,1-4H3,(H,15,21). The molecule has 0 aliphatic rings. The van der Waals surface area contributed by atoms with Crippen LogP contribution in [-0.4, -0.2) is 33.6 Å². The summed E-state index contributed by atoms with van der Waals surface area (Å²) in [6.45, 7) is 1.95. The summed E-state index contributed by atoms with van der Waals surface area (Å²) in [6, 6.07) is 5.63. The summed E-state index contributed by atoms with van der Waals surface area (Å²) in [5.41, 5.74) is 3.59. The average Bonchev–Trinajstić information content (AvgIpc) is 2.96. The molecule has 0 atom stereocenters. The number of H-pyrrole nitrogens is 1. The summed E-state index contributed by atoms with van der Waals surface area (Å²) in [4.78, 5) is 3.20. The Morgan fingerprint density at radius 1 is 1.24 bits per heavy atom. The molecule has 0 aliphatic heterocycles. The van der Waals surface area contributed by atoms with Crippen LogP contribution in [0.4, 0.5) is 0 Å². The van der Waals surface area contributed by atoms with Gasteiger partial charge in [0, 0.05) is 13.1 Å². The molecule has 0 saturated carbocycles. The number of hydrogen-bond acceptors (Lipinski definition) is 4. The van der Waals surface area contributed by atoms with E-state index in [0.29, 0.717) is 10.5 Å². The van der Waals surface area contributed by atoms with Gasteiger partial charge in [-0.1, -0.05) is 0 Å². The van der Waals surface area contributed by atoms with Gasteiger partial charge in [0.25, 0.3) is 0 Å². The van der Waals surface area contributed by atoms with Crippen LogP contribution in [0.5, 0.6) is 11.5 Å². The third-order valence-electron chi connectivity index (χ3n) is 3.47. The van der Waals surface area contributed by atoms with Crippen molar-refractivity contribution in [3.8, 4) is 17.2 Å². The van der Waals surface area contributed by atoms with Gasteiger partial charge in [-0.15, -0.1) is 0 Å². The van der Waals surface area contributed by atoms with Crippen molar-refractivity contribution >= 4 is 23.4 Å². The Hall–Kier alpha value is -2.28. The van der Waals surface area contributed by atoms with Crippen LogP contribution in [0.3, 0.4) is 0 Å². The molecule has 1 N–H and O–H groups in total. The van der Waals surface area contributed by atoms with Gasteiger partial charge in [-0.2, -0.15) is 5.10 Å². The number of aryl methyl sites for hydroxylation is 2. The molecular formula is C14H16N4O2S. The zero-order valence-electron chi connectivity index (χ0n) is 12.3. The summed E-state index contributed by atoms with van der Waals surface area (Å²) in [6.07, 6.45) is 0. The molecule has 0 bridgehead atoms. The lowest BCUT2D eigenvalue weighted by molar-refractivity contribution is 0.393. The van der Waals surface area contributed by atoms with Crippen LogP contribution in [0.2, 0.25) is 0 Å². The zero-order chi connectivity index (χ0) is 15.1. The number of hydrogen-bond donors (Lipinski definition) is 1. The Kier molecular flexibility index (Phi) is 3.21. The van der Waals surface area contributed by atoms with Crippen LogP contribution in [0.25, 0.3) is 16.9 Å². The Bertz CT molecular complexity index is 875. The van der Waals surface area contributed by atoms with E-state index in [9.17, 15) is 0 Å². The Balaban J connectivity index is 2.35. The number of benzene rings is 1. The molecule has 21 heavy (non-hydrogen) atoms. The SMILES string of the molecule is COc1ccc(-n2c(=S)[nH]c3c(C)nn(C)c32)c(OC)c1. The molecule has 3 aromatic rings. The van der Waals surface area contributed by atoms with E-state index in [1.54, 1.807) is 18.9 Å². The number of rotatable bonds is 3. The lowest BCUT2D eigenvalue weighted by Gasteiger charge is -2.12. The molecule has 0 fully saturated rings. The average molecular weight is 304 g/mol. The van der Waals surface area contributed by atoms with Crippen molar-refractivity contribution in [2.24, 2.45) is 7.05 Å². The van der Waals surface area contributed by atoms with Crippen LogP contribution in [0, 0.1) is 11.7 Å². The van der Waals surface area contributed by atoms with Crippen molar-refractivity contribution in [1.82, 2.24) is 19.3 Å². The van der Waals surface area contributed by atoms with E-state index >= 15 is 0 Å². The van der Waals surface area contributed by atoms with E-state index in [1.807, 2.05) is 36.7 Å². The maximum absolute atomic E-state index is 5.47. The minimum Gasteiger partial charge on any atom is -0.497 e. The molecule has 0 saturated heterocycles. The van der Waals surface area contributed by atoms with Crippen LogP contribution < -0.4 is 9.47 Å². The van der Waals surface area contributed by atoms with E-state index < -0.39 is 0 Å². The molecular weight excluding hydrogens is 288 g/mol. The first-order valence-corrected chi connectivity index (χ1v) is 6.84. The second kappa shape index (κ2) is 4.92. The van der Waals surface area contributed by atoms with E-state index in [0.717, 1.165) is 28.3 Å². The molecule has 1 aromatic carbocycles. The maximum atomic E-state index is 5.47. The van der Waals surface area contributed by atoms with E-state index in [2.05, 4.69) is 10.1 Å². The number of aromatic amines is 1. The second-order valence-corrected chi connectivity index (χ2v) is 5.10. The van der Waals surface area contributed by atoms with E-state index in [1.165, 1.54) is 0 Å². The normalized spacial score (nSPS) is 11.0. The fraction of sp³-hybridized carbons (Fsp3) is 0.286. The highest BCUT2D eigenvalue weighted by Crippen LogP contribution is 2.31. The van der Waals surface area contributed by atoms with Gasteiger partial charge in [0.05, 0.1) is 25.6 Å². The minimum atomic E-state index is 0.601. The first-order chi connectivity index (χ1) is 10.1. The lowest BCUT2D eigenvalue weighted by Crippen LogP contribution is -2.03. The number of imidazole rings is 1. The summed E-state index contributed by atoms with van der Waals surface area (Å²) >= 11 is 5.46. The molecule has 7 heteroatoms. The first-order valence-electron chi connectivity index (χ1n) is 6.43. The third kappa shape index (κ3) is 2.01. The number of nitrogens with zero attached hydrogens (tertiary/aromatic N) is 3. The van der Waals surface area contributed by atoms with Gasteiger partial charge >= 0.3 is 0 Å². The predicted octanol–water partition coefficient (Wildman–Crippen LogP) is 2.75. The number of ether oxygens (including phenoxy) is 2. The largest absolute Gasteiger partial charge is 0.497 e. The predicted molar refractivity (Wildman–Crippen MR) is 83.1 cm³/mol. The van der Waals surface area contributed by atoms with Gasteiger partial charge in [-0.25, -0.2) is 4.68 Å². The molecule has 0 unspecified atom stereocenters. The molecule has 2 heterocycles. The highest BCUT2D eigenvalue weighted by Gasteiger charge is 2.17. The Morgan fingerprint density at radius 3 is 2.67 bits per heavy atom. The molecule has 0 aliphatic carbocycles. The van der Waals surface area contributed by atoms with Gasteiger partial charge in [-0.05, 0) is 31.3 Å². The van der Waals surface area contributed by atoms with Crippen molar-refractivity contribution in [3.05, 3.63) is 28.7 Å². The topological polar surface area (TPSA) is 57.0 Å². The van der Waals surface area contributed by atoms with Crippen molar-refractivity contribution in [2.75, 3.05) is 14.2 Å². The third-order valence-corrected chi connectivity index (χ3v) is 3.75. The van der Waals surface area contributed by atoms with Gasteiger partial charge in [0.1, 0.15) is 17.0 Å². The molecule has 2 aromatic heterocycles. The Labute approximate surface area is 126 Å². The smallest absolute Gasteiger partial charge is 0.184 e. The van der Waals surface area contributed by atoms with E-state index in [4.69, 9.17) is 21.7 Å². The first kappa shape index (κ1) is 13.7. The number of nitrogens with one attached hydrogen (secondary N) is 1. The molecule has 0 spiro atoms. The highest BCUT2D eigenvalue weighted by molar-refractivity contribution is 7.71. The Morgan fingerprint density at radius 2 is 2.00 bits per heavy atom. The minimum absolute atomic E-state index is 0.601. The van der Waals surface area contributed by atoms with Crippen molar-refractivity contribution in [2.45, 2.75) is 6.92 Å². The van der Waals surface area contributed by atoms with Crippen molar-refractivity contribution in [3.63, 3.8) is 0 Å². The van der Waals surface area contributed by atoms with Crippen LogP contribution in [0.1, 0.15) is 5.69 Å². The summed E-state index contributed by atoms with van der Waals surface area (Å²) in [5.74, 6) is 1.42. The number of aromatic nitrogens is 4. The zero-order valence-corrected chi connectivity index (χ0v) is 13.1. The number of fused-ring (bicyclic) bond motifs is 1. The highest BCUT2D eigenvalue weighted by atomic mass is 32.1. The van der Waals surface area contributed by atoms with Crippen LogP contribution >= 0.6 is 12.2 Å². The van der Waals surface area contributed by atoms with Gasteiger partial charge in [-0.3, -0.25) is 4.57 Å². The quantitative estimate of drug-likeness (QED) is 0.756. The molecule has 110 valence electrons. The van der Waals surface area contributed by atoms with Crippen molar-refractivity contribution < 1.29 is 9.47 Å². The number of methoxy groups -OCH3 is 2. The van der Waals surface area contributed by atoms with E-state index in [-0.39, 0.29) is 0 Å². The fourth-order valence-corrected chi connectivity index (χ4v) is 2.79. The summed E-state index contributed by atoms with van der Waals surface area (Å²) < 4.78 is 15.0.